The van der Waals surface area contributed by atoms with Crippen molar-refractivity contribution >= 4 is 10.7 Å². The first-order valence-electron chi connectivity index (χ1n) is 1.90. The normalized spacial score (nSPS) is 7.71. The Morgan fingerprint density at radius 1 is 1.57 bits per heavy atom. The SMILES string of the molecule is CCC#C[SH](=O)=O. The second-order valence-electron chi connectivity index (χ2n) is 0.899. The predicted octanol–water partition coefficient (Wildman–Crippen LogP) is -0.0313. The zero-order valence-electron chi connectivity index (χ0n) is 3.97. The van der Waals surface area contributed by atoms with Crippen LogP contribution in [0.2, 0.25) is 0 Å². The minimum Gasteiger partial charge on any atom is -0.218 e. The lowest BCUT2D eigenvalue weighted by Gasteiger charge is -1.60. The average molecular weight is 118 g/mol. The lowest BCUT2D eigenvalue weighted by molar-refractivity contribution is 0.623. The second-order valence-corrected chi connectivity index (χ2v) is 1.64. The highest BCUT2D eigenvalue weighted by Crippen LogP contribution is 1.65. The van der Waals surface area contributed by atoms with Crippen molar-refractivity contribution in [1.29, 1.82) is 0 Å². The molecule has 0 amide bonds. The fourth-order valence-corrected chi connectivity index (χ4v) is 0.431. The Kier molecular flexibility index (Phi) is 3.43. The van der Waals surface area contributed by atoms with Crippen molar-refractivity contribution in [3.8, 4) is 11.2 Å². The first kappa shape index (κ1) is 6.51. The van der Waals surface area contributed by atoms with Crippen molar-refractivity contribution in [2.45, 2.75) is 13.3 Å². The average Bonchev–Trinajstić information content (AvgIpc) is 1.61. The van der Waals surface area contributed by atoms with Gasteiger partial charge in [-0.1, -0.05) is 12.8 Å². The van der Waals surface area contributed by atoms with Gasteiger partial charge in [0.15, 0.2) is 0 Å². The monoisotopic (exact) mass is 118 g/mol. The zero-order valence-corrected chi connectivity index (χ0v) is 4.87. The van der Waals surface area contributed by atoms with Crippen LogP contribution in [0.3, 0.4) is 0 Å². The van der Waals surface area contributed by atoms with E-state index in [-0.39, 0.29) is 0 Å². The molecule has 0 saturated carbocycles. The molecule has 0 spiro atoms. The van der Waals surface area contributed by atoms with Crippen molar-refractivity contribution in [2.24, 2.45) is 0 Å². The van der Waals surface area contributed by atoms with Gasteiger partial charge in [-0.15, -0.1) is 0 Å². The molecule has 40 valence electrons. The molecule has 0 radical (unpaired) electrons. The van der Waals surface area contributed by atoms with Crippen LogP contribution in [0.25, 0.3) is 0 Å². The van der Waals surface area contributed by atoms with Gasteiger partial charge in [0.1, 0.15) is 0 Å². The molecule has 0 N–H and O–H groups in total. The largest absolute Gasteiger partial charge is 0.218 e. The highest BCUT2D eigenvalue weighted by atomic mass is 32.2. The van der Waals surface area contributed by atoms with E-state index in [9.17, 15) is 8.42 Å². The fourth-order valence-electron chi connectivity index (χ4n) is 0.144. The summed E-state index contributed by atoms with van der Waals surface area (Å²) in [6.07, 6.45) is 0.601. The molecule has 0 bridgehead atoms. The van der Waals surface area contributed by atoms with Gasteiger partial charge in [0.25, 0.3) is 0 Å². The summed E-state index contributed by atoms with van der Waals surface area (Å²) in [4.78, 5) is 0. The van der Waals surface area contributed by atoms with E-state index in [1.54, 1.807) is 6.92 Å². The molecule has 7 heavy (non-hydrogen) atoms. The lowest BCUT2D eigenvalue weighted by atomic mass is 10.5. The lowest BCUT2D eigenvalue weighted by Crippen LogP contribution is -1.62. The van der Waals surface area contributed by atoms with Crippen LogP contribution in [0.15, 0.2) is 0 Å². The Bertz CT molecular complexity index is 150. The van der Waals surface area contributed by atoms with Crippen molar-refractivity contribution < 1.29 is 8.42 Å². The number of hydrogen-bond acceptors (Lipinski definition) is 2. The number of hydrogen-bond donors (Lipinski definition) is 1. The maximum atomic E-state index is 9.62. The number of rotatable bonds is 0. The van der Waals surface area contributed by atoms with Gasteiger partial charge in [-0.05, 0) is 0 Å². The molecule has 0 atom stereocenters. The van der Waals surface area contributed by atoms with Crippen LogP contribution in [-0.4, -0.2) is 8.42 Å². The van der Waals surface area contributed by atoms with E-state index in [4.69, 9.17) is 0 Å². The molecule has 0 aromatic carbocycles. The topological polar surface area (TPSA) is 34.1 Å². The minimum atomic E-state index is -2.47. The Morgan fingerprint density at radius 2 is 2.14 bits per heavy atom. The van der Waals surface area contributed by atoms with Crippen LogP contribution < -0.4 is 0 Å². The van der Waals surface area contributed by atoms with Gasteiger partial charge < -0.3 is 0 Å². The van der Waals surface area contributed by atoms with Gasteiger partial charge in [-0.25, -0.2) is 8.42 Å². The molecule has 0 aliphatic carbocycles. The zero-order chi connectivity index (χ0) is 5.70. The molecule has 0 rings (SSSR count). The maximum Gasteiger partial charge on any atom is 0.206 e. The molecule has 0 saturated heterocycles. The van der Waals surface area contributed by atoms with Crippen LogP contribution >= 0.6 is 0 Å². The summed E-state index contributed by atoms with van der Waals surface area (Å²) in [6.45, 7) is 1.80. The quantitative estimate of drug-likeness (QED) is 0.358. The van der Waals surface area contributed by atoms with Gasteiger partial charge in [-0.2, -0.15) is 0 Å². The first-order valence-corrected chi connectivity index (χ1v) is 3.08. The van der Waals surface area contributed by atoms with Gasteiger partial charge in [0.2, 0.25) is 10.7 Å². The van der Waals surface area contributed by atoms with Gasteiger partial charge >= 0.3 is 0 Å². The van der Waals surface area contributed by atoms with E-state index in [2.05, 4.69) is 5.92 Å². The molecule has 3 heteroatoms. The second kappa shape index (κ2) is 3.69. The third kappa shape index (κ3) is 5.51. The molecule has 0 aliphatic heterocycles. The van der Waals surface area contributed by atoms with Gasteiger partial charge in [-0.3, -0.25) is 0 Å². The maximum absolute atomic E-state index is 9.62. The van der Waals surface area contributed by atoms with Gasteiger partial charge in [0, 0.05) is 11.7 Å². The Morgan fingerprint density at radius 3 is 2.29 bits per heavy atom. The van der Waals surface area contributed by atoms with Crippen LogP contribution in [0.4, 0.5) is 0 Å². The molecule has 0 unspecified atom stereocenters. The summed E-state index contributed by atoms with van der Waals surface area (Å²) in [5.41, 5.74) is 0. The standard InChI is InChI=1S/C4H6O2S/c1-2-3-4-7(5)6/h7H,2H2,1H3. The molecular weight excluding hydrogens is 112 g/mol. The summed E-state index contributed by atoms with van der Waals surface area (Å²) in [6, 6.07) is 0. The summed E-state index contributed by atoms with van der Waals surface area (Å²) >= 11 is 0. The van der Waals surface area contributed by atoms with E-state index in [1.165, 1.54) is 0 Å². The molecule has 0 fully saturated rings. The predicted molar refractivity (Wildman–Crippen MR) is 28.4 cm³/mol. The summed E-state index contributed by atoms with van der Waals surface area (Å²) in [7, 11) is -2.47. The first-order chi connectivity index (χ1) is 3.27. The van der Waals surface area contributed by atoms with Crippen molar-refractivity contribution in [2.75, 3.05) is 0 Å². The Balaban J connectivity index is 3.68. The van der Waals surface area contributed by atoms with E-state index < -0.39 is 10.7 Å². The summed E-state index contributed by atoms with van der Waals surface area (Å²) in [5.74, 6) is 2.40. The van der Waals surface area contributed by atoms with E-state index >= 15 is 0 Å². The summed E-state index contributed by atoms with van der Waals surface area (Å²) < 4.78 is 19.2. The van der Waals surface area contributed by atoms with Crippen LogP contribution in [0.5, 0.6) is 0 Å². The molecule has 2 nitrogen and oxygen atoms in total. The molecule has 0 heterocycles. The summed E-state index contributed by atoms with van der Waals surface area (Å²) in [5, 5.41) is 2.00. The smallest absolute Gasteiger partial charge is 0.206 e. The van der Waals surface area contributed by atoms with Crippen molar-refractivity contribution in [3.05, 3.63) is 0 Å². The Labute approximate surface area is 44.5 Å². The molecule has 0 aromatic rings. The highest BCUT2D eigenvalue weighted by Gasteiger charge is 1.63. The third-order valence-corrected chi connectivity index (χ3v) is 0.688. The fraction of sp³-hybridized carbons (Fsp3) is 0.500. The van der Waals surface area contributed by atoms with Crippen molar-refractivity contribution in [1.82, 2.24) is 0 Å². The van der Waals surface area contributed by atoms with Gasteiger partial charge in [0.05, 0.1) is 0 Å². The molecule has 0 aromatic heterocycles. The highest BCUT2D eigenvalue weighted by molar-refractivity contribution is 7.77. The van der Waals surface area contributed by atoms with Crippen LogP contribution in [0.1, 0.15) is 13.3 Å². The minimum absolute atomic E-state index is 0.601. The van der Waals surface area contributed by atoms with E-state index in [0.717, 1.165) is 0 Å². The molecular formula is C4H6O2S. The third-order valence-electron chi connectivity index (χ3n) is 0.347. The van der Waals surface area contributed by atoms with Crippen LogP contribution in [0, 0.1) is 11.2 Å². The number of thiol groups is 1. The Hall–Kier alpha value is -0.490. The van der Waals surface area contributed by atoms with Crippen molar-refractivity contribution in [3.63, 3.8) is 0 Å². The van der Waals surface area contributed by atoms with E-state index in [0.29, 0.717) is 6.42 Å². The molecule has 0 aliphatic rings. The van der Waals surface area contributed by atoms with Crippen LogP contribution in [-0.2, 0) is 10.7 Å². The van der Waals surface area contributed by atoms with E-state index in [1.807, 2.05) is 5.25 Å².